The normalized spacial score (nSPS) is 35.1. The maximum absolute atomic E-state index is 13.3. The lowest BCUT2D eigenvalue weighted by atomic mass is 9.80. The summed E-state index contributed by atoms with van der Waals surface area (Å²) in [6.07, 6.45) is 2.58. The molecule has 2 unspecified atom stereocenters. The van der Waals surface area contributed by atoms with E-state index in [1.807, 2.05) is 6.92 Å². The van der Waals surface area contributed by atoms with Gasteiger partial charge in [0.25, 0.3) is 0 Å². The zero-order valence-corrected chi connectivity index (χ0v) is 10.5. The van der Waals surface area contributed by atoms with Gasteiger partial charge in [-0.05, 0) is 13.0 Å². The van der Waals surface area contributed by atoms with Crippen LogP contribution in [0.1, 0.15) is 37.8 Å². The molecule has 1 saturated heterocycles. The van der Waals surface area contributed by atoms with E-state index in [2.05, 4.69) is 0 Å². The molecule has 2 heterocycles. The summed E-state index contributed by atoms with van der Waals surface area (Å²) in [5, 5.41) is 0. The first-order chi connectivity index (χ1) is 8.58. The van der Waals surface area contributed by atoms with Crippen LogP contribution < -0.4 is 10.5 Å². The quantitative estimate of drug-likeness (QED) is 0.770. The third-order valence-corrected chi connectivity index (χ3v) is 3.91. The number of ether oxygens (including phenoxy) is 2. The van der Waals surface area contributed by atoms with Crippen molar-refractivity contribution in [2.75, 3.05) is 6.61 Å². The standard InChI is InChI=1S/C14H18FNO2/c1-9-7-14(4-5-17-9)8-12(16)11-3-2-10(15)6-13(11)18-14/h2-3,6,9,12H,4-5,7-8,16H2,1H3/t9?,12-,14?/m0/s1. The van der Waals surface area contributed by atoms with Crippen molar-refractivity contribution in [2.24, 2.45) is 5.73 Å². The molecule has 98 valence electrons. The summed E-state index contributed by atoms with van der Waals surface area (Å²) in [6, 6.07) is 4.52. The van der Waals surface area contributed by atoms with Crippen LogP contribution >= 0.6 is 0 Å². The molecule has 3 nitrogen and oxygen atoms in total. The monoisotopic (exact) mass is 251 g/mol. The average molecular weight is 251 g/mol. The molecule has 3 atom stereocenters. The molecular weight excluding hydrogens is 233 g/mol. The molecular formula is C14H18FNO2. The van der Waals surface area contributed by atoms with E-state index in [1.165, 1.54) is 12.1 Å². The molecule has 0 saturated carbocycles. The minimum absolute atomic E-state index is 0.0837. The van der Waals surface area contributed by atoms with E-state index in [0.29, 0.717) is 12.4 Å². The number of nitrogens with two attached hydrogens (primary N) is 1. The summed E-state index contributed by atoms with van der Waals surface area (Å²) in [4.78, 5) is 0. The molecule has 1 fully saturated rings. The van der Waals surface area contributed by atoms with Gasteiger partial charge >= 0.3 is 0 Å². The Kier molecular flexibility index (Phi) is 2.79. The summed E-state index contributed by atoms with van der Waals surface area (Å²) < 4.78 is 24.9. The van der Waals surface area contributed by atoms with Gasteiger partial charge in [0.05, 0.1) is 12.7 Å². The van der Waals surface area contributed by atoms with Crippen LogP contribution in [0.2, 0.25) is 0 Å². The molecule has 0 aromatic heterocycles. The molecule has 0 bridgehead atoms. The molecule has 3 rings (SSSR count). The van der Waals surface area contributed by atoms with Gasteiger partial charge in [0.15, 0.2) is 0 Å². The highest BCUT2D eigenvalue weighted by Gasteiger charge is 2.43. The van der Waals surface area contributed by atoms with Crippen LogP contribution in [0.25, 0.3) is 0 Å². The summed E-state index contributed by atoms with van der Waals surface area (Å²) in [7, 11) is 0. The van der Waals surface area contributed by atoms with Gasteiger partial charge in [-0.2, -0.15) is 0 Å². The maximum Gasteiger partial charge on any atom is 0.127 e. The topological polar surface area (TPSA) is 44.5 Å². The highest BCUT2D eigenvalue weighted by molar-refractivity contribution is 5.39. The predicted molar refractivity (Wildman–Crippen MR) is 66.0 cm³/mol. The number of rotatable bonds is 0. The lowest BCUT2D eigenvalue weighted by Gasteiger charge is -2.45. The summed E-state index contributed by atoms with van der Waals surface area (Å²) in [5.74, 6) is 0.320. The Morgan fingerprint density at radius 3 is 3.00 bits per heavy atom. The van der Waals surface area contributed by atoms with E-state index in [-0.39, 0.29) is 23.6 Å². The summed E-state index contributed by atoms with van der Waals surface area (Å²) in [5.41, 5.74) is 6.83. The molecule has 2 aliphatic heterocycles. The van der Waals surface area contributed by atoms with Crippen molar-refractivity contribution >= 4 is 0 Å². The first-order valence-corrected chi connectivity index (χ1v) is 6.44. The third-order valence-electron chi connectivity index (χ3n) is 3.91. The van der Waals surface area contributed by atoms with E-state index in [9.17, 15) is 4.39 Å². The maximum atomic E-state index is 13.3. The highest BCUT2D eigenvalue weighted by Crippen LogP contribution is 2.44. The Balaban J connectivity index is 1.94. The summed E-state index contributed by atoms with van der Waals surface area (Å²) >= 11 is 0. The largest absolute Gasteiger partial charge is 0.487 e. The van der Waals surface area contributed by atoms with Gasteiger partial charge in [0, 0.05) is 36.9 Å². The Morgan fingerprint density at radius 1 is 1.39 bits per heavy atom. The zero-order chi connectivity index (χ0) is 12.8. The van der Waals surface area contributed by atoms with Gasteiger partial charge in [0.2, 0.25) is 0 Å². The predicted octanol–water partition coefficient (Wildman–Crippen LogP) is 2.55. The van der Waals surface area contributed by atoms with E-state index >= 15 is 0 Å². The number of hydrogen-bond acceptors (Lipinski definition) is 3. The highest BCUT2D eigenvalue weighted by atomic mass is 19.1. The Morgan fingerprint density at radius 2 is 2.22 bits per heavy atom. The molecule has 0 radical (unpaired) electrons. The van der Waals surface area contributed by atoms with Crippen molar-refractivity contribution < 1.29 is 13.9 Å². The van der Waals surface area contributed by atoms with Gasteiger partial charge in [-0.25, -0.2) is 4.39 Å². The molecule has 2 N–H and O–H groups in total. The molecule has 1 spiro atoms. The molecule has 0 aliphatic carbocycles. The molecule has 0 amide bonds. The van der Waals surface area contributed by atoms with Crippen LogP contribution in [0, 0.1) is 5.82 Å². The second-order valence-corrected chi connectivity index (χ2v) is 5.41. The third kappa shape index (κ3) is 1.99. The second kappa shape index (κ2) is 4.21. The van der Waals surface area contributed by atoms with Crippen LogP contribution in [-0.2, 0) is 4.74 Å². The van der Waals surface area contributed by atoms with Crippen molar-refractivity contribution in [3.05, 3.63) is 29.6 Å². The van der Waals surface area contributed by atoms with Crippen LogP contribution in [-0.4, -0.2) is 18.3 Å². The minimum atomic E-state index is -0.280. The lowest BCUT2D eigenvalue weighted by Crippen LogP contribution is -2.49. The van der Waals surface area contributed by atoms with Crippen LogP contribution in [0.4, 0.5) is 4.39 Å². The van der Waals surface area contributed by atoms with Gasteiger partial charge in [-0.15, -0.1) is 0 Å². The number of fused-ring (bicyclic) bond motifs is 1. The molecule has 18 heavy (non-hydrogen) atoms. The van der Waals surface area contributed by atoms with Gasteiger partial charge in [0.1, 0.15) is 17.2 Å². The lowest BCUT2D eigenvalue weighted by molar-refractivity contribution is -0.0950. The van der Waals surface area contributed by atoms with Crippen molar-refractivity contribution in [3.8, 4) is 5.75 Å². The smallest absolute Gasteiger partial charge is 0.127 e. The minimum Gasteiger partial charge on any atom is -0.487 e. The van der Waals surface area contributed by atoms with Crippen LogP contribution in [0.15, 0.2) is 18.2 Å². The molecule has 1 aromatic rings. The molecule has 2 aliphatic rings. The van der Waals surface area contributed by atoms with Crippen LogP contribution in [0.5, 0.6) is 5.75 Å². The number of halogens is 1. The Hall–Kier alpha value is -1.13. The SMILES string of the molecule is CC1CC2(CCO1)C[C@H](N)c1ccc(F)cc1O2. The van der Waals surface area contributed by atoms with Crippen molar-refractivity contribution in [1.29, 1.82) is 0 Å². The molecule has 1 aromatic carbocycles. The Labute approximate surface area is 106 Å². The van der Waals surface area contributed by atoms with Crippen molar-refractivity contribution in [3.63, 3.8) is 0 Å². The van der Waals surface area contributed by atoms with Gasteiger partial charge < -0.3 is 15.2 Å². The van der Waals surface area contributed by atoms with E-state index in [4.69, 9.17) is 15.2 Å². The van der Waals surface area contributed by atoms with Gasteiger partial charge in [-0.1, -0.05) is 6.07 Å². The van der Waals surface area contributed by atoms with Crippen molar-refractivity contribution in [2.45, 2.75) is 43.9 Å². The second-order valence-electron chi connectivity index (χ2n) is 5.41. The Bertz CT molecular complexity index is 465. The van der Waals surface area contributed by atoms with E-state index in [0.717, 1.165) is 24.8 Å². The summed E-state index contributed by atoms with van der Waals surface area (Å²) in [6.45, 7) is 2.72. The van der Waals surface area contributed by atoms with Crippen molar-refractivity contribution in [1.82, 2.24) is 0 Å². The van der Waals surface area contributed by atoms with E-state index < -0.39 is 0 Å². The van der Waals surface area contributed by atoms with E-state index in [1.54, 1.807) is 6.07 Å². The molecule has 4 heteroatoms. The number of hydrogen-bond donors (Lipinski definition) is 1. The van der Waals surface area contributed by atoms with Gasteiger partial charge in [-0.3, -0.25) is 0 Å². The fraction of sp³-hybridized carbons (Fsp3) is 0.571. The first-order valence-electron chi connectivity index (χ1n) is 6.44. The number of benzene rings is 1. The van der Waals surface area contributed by atoms with Crippen LogP contribution in [0.3, 0.4) is 0 Å². The first kappa shape index (κ1) is 11.9. The fourth-order valence-electron chi connectivity index (χ4n) is 3.10. The fourth-order valence-corrected chi connectivity index (χ4v) is 3.10. The average Bonchev–Trinajstić information content (AvgIpc) is 2.27. The zero-order valence-electron chi connectivity index (χ0n) is 10.5.